The first-order valence-corrected chi connectivity index (χ1v) is 9.26. The van der Waals surface area contributed by atoms with Crippen LogP contribution < -0.4 is 16.4 Å². The van der Waals surface area contributed by atoms with Crippen molar-refractivity contribution in [2.45, 2.75) is 82.5 Å². The lowest BCUT2D eigenvalue weighted by atomic mass is 9.78. The lowest BCUT2D eigenvalue weighted by Crippen LogP contribution is -2.62. The maximum absolute atomic E-state index is 11.8. The topological polar surface area (TPSA) is 148 Å². The molecule has 0 spiro atoms. The minimum atomic E-state index is -1.35. The molecule has 0 aromatic rings. The monoisotopic (exact) mass is 359 g/mol. The molecule has 0 saturated carbocycles. The van der Waals surface area contributed by atoms with Crippen molar-refractivity contribution < 1.29 is 25.1 Å². The van der Waals surface area contributed by atoms with Gasteiger partial charge in [-0.15, -0.1) is 0 Å². The molecule has 0 aromatic carbocycles. The Bertz CT molecular complexity index is 415. The van der Waals surface area contributed by atoms with E-state index in [1.54, 1.807) is 0 Å². The number of carboxylic acids is 1. The van der Waals surface area contributed by atoms with Crippen LogP contribution in [0.25, 0.3) is 0 Å². The van der Waals surface area contributed by atoms with Gasteiger partial charge in [0.05, 0.1) is 0 Å². The molecule has 0 aliphatic carbocycles. The number of carbonyl (C=O) groups is 1. The standard InChI is InChI=1S/C16H34BN3O5/c1-3-11(2)13(18)14(21)20-12-6-9-19-16(10-12,15(22)23)7-4-5-8-17(24)25/h11-14,19-21,24-25H,3-10,18H2,1-2H3,(H,22,23)/t11-,12-,13-,14?,16+/m0/s1. The Kier molecular flexibility index (Phi) is 9.33. The summed E-state index contributed by atoms with van der Waals surface area (Å²) in [6, 6.07) is -0.531. The maximum Gasteiger partial charge on any atom is 0.451 e. The van der Waals surface area contributed by atoms with E-state index in [4.69, 9.17) is 15.8 Å². The average molecular weight is 359 g/mol. The summed E-state index contributed by atoms with van der Waals surface area (Å²) in [6.45, 7) is 4.54. The van der Waals surface area contributed by atoms with Gasteiger partial charge in [-0.25, -0.2) is 0 Å². The molecule has 0 amide bonds. The van der Waals surface area contributed by atoms with Crippen LogP contribution in [0.3, 0.4) is 0 Å². The highest BCUT2D eigenvalue weighted by Gasteiger charge is 2.43. The molecule has 8 nitrogen and oxygen atoms in total. The average Bonchev–Trinajstić information content (AvgIpc) is 2.57. The molecule has 1 heterocycles. The van der Waals surface area contributed by atoms with Crippen LogP contribution in [0.5, 0.6) is 0 Å². The fourth-order valence-electron chi connectivity index (χ4n) is 3.37. The summed E-state index contributed by atoms with van der Waals surface area (Å²) in [5.74, 6) is -0.748. The highest BCUT2D eigenvalue weighted by atomic mass is 16.4. The second-order valence-corrected chi connectivity index (χ2v) is 7.30. The lowest BCUT2D eigenvalue weighted by Gasteiger charge is -2.40. The molecule has 25 heavy (non-hydrogen) atoms. The largest absolute Gasteiger partial charge is 0.480 e. The molecule has 8 N–H and O–H groups in total. The van der Waals surface area contributed by atoms with Crippen molar-refractivity contribution in [3.8, 4) is 0 Å². The van der Waals surface area contributed by atoms with Crippen molar-refractivity contribution in [3.63, 3.8) is 0 Å². The summed E-state index contributed by atoms with van der Waals surface area (Å²) >= 11 is 0. The van der Waals surface area contributed by atoms with E-state index in [0.29, 0.717) is 38.6 Å². The number of piperidine rings is 1. The molecule has 0 aromatic heterocycles. The van der Waals surface area contributed by atoms with Crippen LogP contribution in [0.15, 0.2) is 0 Å². The van der Waals surface area contributed by atoms with Gasteiger partial charge in [-0.3, -0.25) is 10.1 Å². The molecule has 1 aliphatic heterocycles. The number of hydrogen-bond donors (Lipinski definition) is 7. The van der Waals surface area contributed by atoms with E-state index in [9.17, 15) is 15.0 Å². The van der Waals surface area contributed by atoms with Crippen LogP contribution in [0.1, 0.15) is 52.4 Å². The lowest BCUT2D eigenvalue weighted by molar-refractivity contribution is -0.147. The summed E-state index contributed by atoms with van der Waals surface area (Å²) in [5.41, 5.74) is 4.99. The van der Waals surface area contributed by atoms with Gasteiger partial charge in [0.15, 0.2) is 0 Å². The molecule has 1 fully saturated rings. The zero-order valence-corrected chi connectivity index (χ0v) is 15.3. The first kappa shape index (κ1) is 22.3. The molecular weight excluding hydrogens is 325 g/mol. The third-order valence-corrected chi connectivity index (χ3v) is 5.35. The van der Waals surface area contributed by atoms with E-state index >= 15 is 0 Å². The predicted octanol–water partition coefficient (Wildman–Crippen LogP) is -0.514. The number of carboxylic acid groups (broad SMARTS) is 1. The van der Waals surface area contributed by atoms with E-state index in [-0.39, 0.29) is 18.3 Å². The van der Waals surface area contributed by atoms with Gasteiger partial charge in [0, 0.05) is 12.1 Å². The maximum atomic E-state index is 11.8. The molecular formula is C16H34BN3O5. The van der Waals surface area contributed by atoms with E-state index in [0.717, 1.165) is 6.42 Å². The van der Waals surface area contributed by atoms with Crippen LogP contribution in [0.2, 0.25) is 6.32 Å². The van der Waals surface area contributed by atoms with Crippen molar-refractivity contribution in [1.29, 1.82) is 0 Å². The van der Waals surface area contributed by atoms with Crippen molar-refractivity contribution >= 4 is 13.1 Å². The minimum absolute atomic E-state index is 0.133. The third-order valence-electron chi connectivity index (χ3n) is 5.35. The van der Waals surface area contributed by atoms with E-state index in [1.807, 2.05) is 13.8 Å². The van der Waals surface area contributed by atoms with Crippen molar-refractivity contribution in [2.24, 2.45) is 11.7 Å². The van der Waals surface area contributed by atoms with Crippen LogP contribution in [-0.4, -0.2) is 63.7 Å². The quantitative estimate of drug-likeness (QED) is 0.148. The molecule has 1 aliphatic rings. The number of unbranched alkanes of at least 4 members (excludes halogenated alkanes) is 1. The molecule has 1 saturated heterocycles. The first-order valence-electron chi connectivity index (χ1n) is 9.26. The number of nitrogens with one attached hydrogen (secondary N) is 2. The van der Waals surface area contributed by atoms with Crippen LogP contribution in [0.4, 0.5) is 0 Å². The summed E-state index contributed by atoms with van der Waals surface area (Å²) < 4.78 is 0. The summed E-state index contributed by atoms with van der Waals surface area (Å²) in [6.07, 6.45) is 2.84. The van der Waals surface area contributed by atoms with Crippen molar-refractivity contribution in [3.05, 3.63) is 0 Å². The first-order chi connectivity index (χ1) is 11.7. The number of hydrogen-bond acceptors (Lipinski definition) is 7. The second-order valence-electron chi connectivity index (χ2n) is 7.30. The number of rotatable bonds is 11. The van der Waals surface area contributed by atoms with E-state index in [1.165, 1.54) is 0 Å². The summed E-state index contributed by atoms with van der Waals surface area (Å²) in [5, 5.41) is 44.0. The normalized spacial score (nSPS) is 27.5. The van der Waals surface area contributed by atoms with Crippen LogP contribution in [-0.2, 0) is 4.79 Å². The fraction of sp³-hybridized carbons (Fsp3) is 0.938. The highest BCUT2D eigenvalue weighted by Crippen LogP contribution is 2.27. The zero-order chi connectivity index (χ0) is 19.0. The smallest absolute Gasteiger partial charge is 0.451 e. The van der Waals surface area contributed by atoms with Gasteiger partial charge in [-0.05, 0) is 38.0 Å². The van der Waals surface area contributed by atoms with Gasteiger partial charge < -0.3 is 31.3 Å². The van der Waals surface area contributed by atoms with Gasteiger partial charge in [0.25, 0.3) is 0 Å². The molecule has 9 heteroatoms. The Hall–Kier alpha value is -0.705. The van der Waals surface area contributed by atoms with Crippen LogP contribution >= 0.6 is 0 Å². The summed E-state index contributed by atoms with van der Waals surface area (Å²) in [7, 11) is -1.35. The number of aliphatic carboxylic acids is 1. The summed E-state index contributed by atoms with van der Waals surface area (Å²) in [4.78, 5) is 11.8. The second kappa shape index (κ2) is 10.4. The van der Waals surface area contributed by atoms with Crippen molar-refractivity contribution in [2.75, 3.05) is 6.54 Å². The zero-order valence-electron chi connectivity index (χ0n) is 15.3. The molecule has 1 unspecified atom stereocenters. The number of aliphatic hydroxyl groups excluding tert-OH is 1. The van der Waals surface area contributed by atoms with Gasteiger partial charge >= 0.3 is 13.1 Å². The van der Waals surface area contributed by atoms with Gasteiger partial charge in [-0.2, -0.15) is 0 Å². The van der Waals surface area contributed by atoms with E-state index < -0.39 is 30.9 Å². The Balaban J connectivity index is 2.62. The predicted molar refractivity (Wildman–Crippen MR) is 96.8 cm³/mol. The van der Waals surface area contributed by atoms with E-state index in [2.05, 4.69) is 10.6 Å². The molecule has 1 rings (SSSR count). The van der Waals surface area contributed by atoms with Gasteiger partial charge in [-0.1, -0.05) is 33.1 Å². The molecule has 0 radical (unpaired) electrons. The Labute approximate surface area is 150 Å². The fourth-order valence-corrected chi connectivity index (χ4v) is 3.37. The van der Waals surface area contributed by atoms with Gasteiger partial charge in [0.1, 0.15) is 11.8 Å². The Morgan fingerprint density at radius 1 is 1.44 bits per heavy atom. The highest BCUT2D eigenvalue weighted by molar-refractivity contribution is 6.40. The van der Waals surface area contributed by atoms with Crippen molar-refractivity contribution in [1.82, 2.24) is 10.6 Å². The molecule has 5 atom stereocenters. The SMILES string of the molecule is CC[C@H](C)[C@H](N)C(O)N[C@H]1CCN[C@@](CCCCB(O)O)(C(=O)O)C1. The number of aliphatic hydroxyl groups is 1. The molecule has 146 valence electrons. The minimum Gasteiger partial charge on any atom is -0.480 e. The third kappa shape index (κ3) is 6.84. The Morgan fingerprint density at radius 2 is 2.12 bits per heavy atom. The number of nitrogens with two attached hydrogens (primary N) is 1. The Morgan fingerprint density at radius 3 is 2.68 bits per heavy atom. The van der Waals surface area contributed by atoms with Crippen LogP contribution in [0, 0.1) is 5.92 Å². The molecule has 0 bridgehead atoms. The van der Waals surface area contributed by atoms with Gasteiger partial charge in [0.2, 0.25) is 0 Å².